The van der Waals surface area contributed by atoms with Gasteiger partial charge in [-0.3, -0.25) is 9.59 Å². The Morgan fingerprint density at radius 3 is 2.48 bits per heavy atom. The number of ether oxygens (including phenoxy) is 1. The summed E-state index contributed by atoms with van der Waals surface area (Å²) >= 11 is 0. The van der Waals surface area contributed by atoms with Gasteiger partial charge in [0.1, 0.15) is 5.75 Å². The van der Waals surface area contributed by atoms with E-state index in [1.165, 1.54) is 0 Å². The normalized spacial score (nSPS) is 11.4. The van der Waals surface area contributed by atoms with Gasteiger partial charge in [-0.05, 0) is 23.6 Å². The number of methoxy groups -OCH3 is 1. The third-order valence-electron chi connectivity index (χ3n) is 3.47. The van der Waals surface area contributed by atoms with E-state index in [9.17, 15) is 9.59 Å². The topological polar surface area (TPSA) is 67.4 Å². The van der Waals surface area contributed by atoms with Gasteiger partial charge in [0.25, 0.3) is 0 Å². The SMILES string of the molecule is COc1cccc(NC(=O)C(=O)NC[C@@H](C)c2ccccc2)c1. The number of rotatable bonds is 5. The molecule has 0 saturated heterocycles. The van der Waals surface area contributed by atoms with Crippen LogP contribution in [0.3, 0.4) is 0 Å². The number of hydrogen-bond donors (Lipinski definition) is 2. The van der Waals surface area contributed by atoms with Gasteiger partial charge in [-0.2, -0.15) is 0 Å². The molecule has 1 atom stereocenters. The second-order valence-corrected chi connectivity index (χ2v) is 5.21. The molecule has 2 N–H and O–H groups in total. The first-order valence-electron chi connectivity index (χ1n) is 7.38. The molecule has 23 heavy (non-hydrogen) atoms. The van der Waals surface area contributed by atoms with Gasteiger partial charge in [-0.1, -0.05) is 43.3 Å². The van der Waals surface area contributed by atoms with E-state index in [1.807, 2.05) is 37.3 Å². The zero-order valence-electron chi connectivity index (χ0n) is 13.2. The third-order valence-corrected chi connectivity index (χ3v) is 3.47. The highest BCUT2D eigenvalue weighted by Crippen LogP contribution is 2.16. The first-order chi connectivity index (χ1) is 11.1. The van der Waals surface area contributed by atoms with Gasteiger partial charge in [-0.15, -0.1) is 0 Å². The van der Waals surface area contributed by atoms with Crippen LogP contribution < -0.4 is 15.4 Å². The first-order valence-corrected chi connectivity index (χ1v) is 7.38. The molecule has 0 radical (unpaired) electrons. The average molecular weight is 312 g/mol. The molecule has 0 aliphatic rings. The fourth-order valence-corrected chi connectivity index (χ4v) is 2.11. The van der Waals surface area contributed by atoms with E-state index < -0.39 is 11.8 Å². The highest BCUT2D eigenvalue weighted by Gasteiger charge is 2.15. The minimum atomic E-state index is -0.696. The maximum atomic E-state index is 11.9. The average Bonchev–Trinajstić information content (AvgIpc) is 2.60. The van der Waals surface area contributed by atoms with Gasteiger partial charge in [0.15, 0.2) is 0 Å². The van der Waals surface area contributed by atoms with Crippen molar-refractivity contribution in [1.29, 1.82) is 0 Å². The van der Waals surface area contributed by atoms with Crippen molar-refractivity contribution in [3.63, 3.8) is 0 Å². The molecule has 0 aliphatic heterocycles. The summed E-state index contributed by atoms with van der Waals surface area (Å²) in [6.07, 6.45) is 0. The Kier molecular flexibility index (Phi) is 5.74. The predicted molar refractivity (Wildman–Crippen MR) is 89.5 cm³/mol. The van der Waals surface area contributed by atoms with Crippen molar-refractivity contribution in [2.75, 3.05) is 19.0 Å². The van der Waals surface area contributed by atoms with E-state index in [0.29, 0.717) is 18.0 Å². The van der Waals surface area contributed by atoms with Crippen LogP contribution in [0.2, 0.25) is 0 Å². The molecule has 0 heterocycles. The summed E-state index contributed by atoms with van der Waals surface area (Å²) in [6.45, 7) is 2.39. The van der Waals surface area contributed by atoms with Crippen molar-refractivity contribution < 1.29 is 14.3 Å². The number of hydrogen-bond acceptors (Lipinski definition) is 3. The van der Waals surface area contributed by atoms with Crippen molar-refractivity contribution in [2.24, 2.45) is 0 Å². The van der Waals surface area contributed by atoms with Gasteiger partial charge in [0.2, 0.25) is 0 Å². The van der Waals surface area contributed by atoms with Crippen LogP contribution in [0.1, 0.15) is 18.4 Å². The molecule has 120 valence electrons. The van der Waals surface area contributed by atoms with Crippen molar-refractivity contribution in [3.05, 3.63) is 60.2 Å². The Bertz CT molecular complexity index is 671. The third kappa shape index (κ3) is 4.85. The smallest absolute Gasteiger partial charge is 0.313 e. The monoisotopic (exact) mass is 312 g/mol. The Morgan fingerprint density at radius 2 is 1.78 bits per heavy atom. The second-order valence-electron chi connectivity index (χ2n) is 5.21. The van der Waals surface area contributed by atoms with E-state index in [-0.39, 0.29) is 5.92 Å². The van der Waals surface area contributed by atoms with Gasteiger partial charge in [0, 0.05) is 18.3 Å². The molecule has 0 unspecified atom stereocenters. The van der Waals surface area contributed by atoms with E-state index in [4.69, 9.17) is 4.74 Å². The number of benzene rings is 2. The number of anilines is 1. The lowest BCUT2D eigenvalue weighted by molar-refractivity contribution is -0.136. The molecule has 0 fully saturated rings. The number of nitrogens with one attached hydrogen (secondary N) is 2. The summed E-state index contributed by atoms with van der Waals surface area (Å²) in [4.78, 5) is 23.8. The number of carbonyl (C=O) groups excluding carboxylic acids is 2. The molecule has 0 bridgehead atoms. The predicted octanol–water partition coefficient (Wildman–Crippen LogP) is 2.55. The van der Waals surface area contributed by atoms with Crippen LogP contribution in [-0.4, -0.2) is 25.5 Å². The Labute approximate surface area is 135 Å². The molecular weight excluding hydrogens is 292 g/mol. The van der Waals surface area contributed by atoms with Gasteiger partial charge in [-0.25, -0.2) is 0 Å². The summed E-state index contributed by atoms with van der Waals surface area (Å²) in [5.74, 6) is -0.611. The van der Waals surface area contributed by atoms with Gasteiger partial charge < -0.3 is 15.4 Å². The van der Waals surface area contributed by atoms with Crippen LogP contribution in [0, 0.1) is 0 Å². The number of amides is 2. The minimum absolute atomic E-state index is 0.129. The fraction of sp³-hybridized carbons (Fsp3) is 0.222. The van der Waals surface area contributed by atoms with Crippen molar-refractivity contribution in [1.82, 2.24) is 5.32 Å². The highest BCUT2D eigenvalue weighted by molar-refractivity contribution is 6.39. The first kappa shape index (κ1) is 16.5. The van der Waals surface area contributed by atoms with Gasteiger partial charge in [0.05, 0.1) is 7.11 Å². The lowest BCUT2D eigenvalue weighted by Gasteiger charge is -2.13. The van der Waals surface area contributed by atoms with Crippen LogP contribution in [0.4, 0.5) is 5.69 Å². The molecule has 2 amide bonds. The summed E-state index contributed by atoms with van der Waals surface area (Å²) < 4.78 is 5.07. The quantitative estimate of drug-likeness (QED) is 0.834. The molecule has 0 saturated carbocycles. The minimum Gasteiger partial charge on any atom is -0.497 e. The van der Waals surface area contributed by atoms with E-state index in [2.05, 4.69) is 10.6 Å². The molecule has 0 aromatic heterocycles. The molecule has 2 aromatic rings. The van der Waals surface area contributed by atoms with Crippen LogP contribution in [-0.2, 0) is 9.59 Å². The highest BCUT2D eigenvalue weighted by atomic mass is 16.5. The fourth-order valence-electron chi connectivity index (χ4n) is 2.11. The second kappa shape index (κ2) is 7.98. The summed E-state index contributed by atoms with van der Waals surface area (Å²) in [7, 11) is 1.54. The zero-order valence-corrected chi connectivity index (χ0v) is 13.2. The van der Waals surface area contributed by atoms with Crippen molar-refractivity contribution in [2.45, 2.75) is 12.8 Å². The van der Waals surface area contributed by atoms with Crippen LogP contribution in [0.25, 0.3) is 0 Å². The number of carbonyl (C=O) groups is 2. The van der Waals surface area contributed by atoms with Crippen molar-refractivity contribution in [3.8, 4) is 5.75 Å². The van der Waals surface area contributed by atoms with Crippen LogP contribution in [0.5, 0.6) is 5.75 Å². The molecule has 2 rings (SSSR count). The van der Waals surface area contributed by atoms with Gasteiger partial charge >= 0.3 is 11.8 Å². The van der Waals surface area contributed by atoms with Crippen LogP contribution >= 0.6 is 0 Å². The standard InChI is InChI=1S/C18H20N2O3/c1-13(14-7-4-3-5-8-14)12-19-17(21)18(22)20-15-9-6-10-16(11-15)23-2/h3-11,13H,12H2,1-2H3,(H,19,21)(H,20,22)/t13-/m1/s1. The maximum Gasteiger partial charge on any atom is 0.313 e. The maximum absolute atomic E-state index is 11.9. The summed E-state index contributed by atoms with van der Waals surface area (Å²) in [6, 6.07) is 16.7. The van der Waals surface area contributed by atoms with E-state index in [0.717, 1.165) is 5.56 Å². The van der Waals surface area contributed by atoms with Crippen molar-refractivity contribution >= 4 is 17.5 Å². The Morgan fingerprint density at radius 1 is 1.04 bits per heavy atom. The molecular formula is C18H20N2O3. The molecule has 0 aliphatic carbocycles. The largest absolute Gasteiger partial charge is 0.497 e. The zero-order chi connectivity index (χ0) is 16.7. The Balaban J connectivity index is 1.86. The lowest BCUT2D eigenvalue weighted by Crippen LogP contribution is -2.37. The van der Waals surface area contributed by atoms with E-state index in [1.54, 1.807) is 31.4 Å². The molecule has 5 nitrogen and oxygen atoms in total. The Hall–Kier alpha value is -2.82. The summed E-state index contributed by atoms with van der Waals surface area (Å²) in [5, 5.41) is 5.20. The molecule has 5 heteroatoms. The van der Waals surface area contributed by atoms with Crippen LogP contribution in [0.15, 0.2) is 54.6 Å². The molecule has 2 aromatic carbocycles. The molecule has 0 spiro atoms. The lowest BCUT2D eigenvalue weighted by atomic mass is 10.0. The summed E-state index contributed by atoms with van der Waals surface area (Å²) in [5.41, 5.74) is 1.63. The van der Waals surface area contributed by atoms with E-state index >= 15 is 0 Å².